The fourth-order valence-corrected chi connectivity index (χ4v) is 1.72. The topological polar surface area (TPSA) is 91.6 Å². The van der Waals surface area contributed by atoms with Crippen LogP contribution in [-0.4, -0.2) is 30.0 Å². The van der Waals surface area contributed by atoms with E-state index >= 15 is 0 Å². The minimum absolute atomic E-state index is 0.0828. The summed E-state index contributed by atoms with van der Waals surface area (Å²) >= 11 is 0. The number of nitrogens with one attached hydrogen (secondary N) is 2. The first-order valence-electron chi connectivity index (χ1n) is 6.48. The third-order valence-corrected chi connectivity index (χ3v) is 2.83. The van der Waals surface area contributed by atoms with Crippen molar-refractivity contribution < 1.29 is 19.1 Å². The average molecular weight is 288 g/mol. The van der Waals surface area contributed by atoms with Crippen LogP contribution in [-0.2, 0) is 4.79 Å². The third kappa shape index (κ3) is 4.47. The van der Waals surface area contributed by atoms with Gasteiger partial charge in [0, 0.05) is 6.54 Å². The molecule has 0 aliphatic carbocycles. The summed E-state index contributed by atoms with van der Waals surface area (Å²) in [7, 11) is 0. The summed E-state index contributed by atoms with van der Waals surface area (Å²) in [4.78, 5) is 23.1. The molecule has 6 heteroatoms. The molecule has 0 saturated carbocycles. The number of furan rings is 1. The van der Waals surface area contributed by atoms with Gasteiger partial charge < -0.3 is 20.2 Å². The van der Waals surface area contributed by atoms with E-state index in [1.807, 2.05) is 18.2 Å². The van der Waals surface area contributed by atoms with E-state index in [9.17, 15) is 14.7 Å². The molecule has 0 radical (unpaired) electrons. The van der Waals surface area contributed by atoms with Crippen LogP contribution >= 0.6 is 0 Å². The number of aliphatic hydroxyl groups is 1. The second-order valence-corrected chi connectivity index (χ2v) is 4.39. The fourth-order valence-electron chi connectivity index (χ4n) is 1.72. The van der Waals surface area contributed by atoms with Crippen molar-refractivity contribution in [3.8, 4) is 0 Å². The van der Waals surface area contributed by atoms with E-state index in [4.69, 9.17) is 4.42 Å². The zero-order valence-electron chi connectivity index (χ0n) is 11.3. The first-order valence-corrected chi connectivity index (χ1v) is 6.48. The van der Waals surface area contributed by atoms with Crippen molar-refractivity contribution in [3.63, 3.8) is 0 Å². The highest BCUT2D eigenvalue weighted by molar-refractivity contribution is 5.94. The van der Waals surface area contributed by atoms with Crippen molar-refractivity contribution in [1.29, 1.82) is 0 Å². The summed E-state index contributed by atoms with van der Waals surface area (Å²) in [6.07, 6.45) is 0.599. The third-order valence-electron chi connectivity index (χ3n) is 2.83. The van der Waals surface area contributed by atoms with Crippen LogP contribution in [0.5, 0.6) is 0 Å². The van der Waals surface area contributed by atoms with Gasteiger partial charge in [0.05, 0.1) is 18.9 Å². The second kappa shape index (κ2) is 7.25. The summed E-state index contributed by atoms with van der Waals surface area (Å²) in [5, 5.41) is 14.8. The Bertz CT molecular complexity index is 581. The van der Waals surface area contributed by atoms with E-state index in [1.54, 1.807) is 18.2 Å². The number of aliphatic hydroxyl groups excluding tert-OH is 1. The summed E-state index contributed by atoms with van der Waals surface area (Å²) in [5.74, 6) is -0.698. The Balaban J connectivity index is 1.71. The van der Waals surface area contributed by atoms with Gasteiger partial charge in [-0.2, -0.15) is 0 Å². The number of hydrogen-bond acceptors (Lipinski definition) is 4. The molecule has 110 valence electrons. The van der Waals surface area contributed by atoms with Crippen LogP contribution in [0.1, 0.15) is 22.2 Å². The maximum Gasteiger partial charge on any atom is 0.287 e. The molecule has 2 rings (SSSR count). The molecule has 1 heterocycles. The smallest absolute Gasteiger partial charge is 0.287 e. The molecule has 0 saturated heterocycles. The van der Waals surface area contributed by atoms with Gasteiger partial charge in [0.2, 0.25) is 5.91 Å². The summed E-state index contributed by atoms with van der Waals surface area (Å²) in [6, 6.07) is 12.1. The number of carbonyl (C=O) groups is 2. The van der Waals surface area contributed by atoms with Gasteiger partial charge in [-0.05, 0) is 17.7 Å². The molecule has 2 amide bonds. The number of amides is 2. The number of carbonyl (C=O) groups excluding carboxylic acids is 2. The van der Waals surface area contributed by atoms with E-state index in [-0.39, 0.29) is 24.8 Å². The predicted molar refractivity (Wildman–Crippen MR) is 75.5 cm³/mol. The van der Waals surface area contributed by atoms with Gasteiger partial charge in [-0.15, -0.1) is 0 Å². The number of rotatable bonds is 6. The molecule has 3 N–H and O–H groups in total. The molecule has 6 nitrogen and oxygen atoms in total. The van der Waals surface area contributed by atoms with Gasteiger partial charge in [-0.25, -0.2) is 0 Å². The Morgan fingerprint density at radius 2 is 1.86 bits per heavy atom. The summed E-state index contributed by atoms with van der Waals surface area (Å²) in [6.45, 7) is -0.0967. The maximum atomic E-state index is 11.6. The van der Waals surface area contributed by atoms with E-state index < -0.39 is 12.0 Å². The van der Waals surface area contributed by atoms with Crippen molar-refractivity contribution in [2.75, 3.05) is 13.1 Å². The molecule has 0 aliphatic heterocycles. The van der Waals surface area contributed by atoms with Crippen LogP contribution < -0.4 is 10.6 Å². The lowest BCUT2D eigenvalue weighted by Gasteiger charge is -2.12. The van der Waals surface area contributed by atoms with Crippen LogP contribution in [0.15, 0.2) is 53.1 Å². The van der Waals surface area contributed by atoms with Crippen molar-refractivity contribution in [2.45, 2.75) is 6.10 Å². The lowest BCUT2D eigenvalue weighted by Crippen LogP contribution is -2.38. The lowest BCUT2D eigenvalue weighted by molar-refractivity contribution is -0.120. The average Bonchev–Trinajstić information content (AvgIpc) is 3.05. The van der Waals surface area contributed by atoms with Crippen molar-refractivity contribution in [1.82, 2.24) is 10.6 Å². The molecule has 1 aromatic heterocycles. The monoisotopic (exact) mass is 288 g/mol. The highest BCUT2D eigenvalue weighted by Crippen LogP contribution is 2.10. The first-order chi connectivity index (χ1) is 10.2. The number of hydrogen-bond donors (Lipinski definition) is 3. The molecule has 0 aliphatic rings. The Labute approximate surface area is 121 Å². The van der Waals surface area contributed by atoms with Gasteiger partial charge in [-0.3, -0.25) is 9.59 Å². The summed E-state index contributed by atoms with van der Waals surface area (Å²) in [5.41, 5.74) is 0.720. The van der Waals surface area contributed by atoms with Gasteiger partial charge >= 0.3 is 0 Å². The largest absolute Gasteiger partial charge is 0.459 e. The molecule has 0 spiro atoms. The fraction of sp³-hybridized carbons (Fsp3) is 0.200. The van der Waals surface area contributed by atoms with Crippen LogP contribution in [0.25, 0.3) is 0 Å². The van der Waals surface area contributed by atoms with E-state index in [0.29, 0.717) is 0 Å². The Morgan fingerprint density at radius 3 is 2.52 bits per heavy atom. The van der Waals surface area contributed by atoms with Crippen LogP contribution in [0.3, 0.4) is 0 Å². The molecule has 1 aromatic carbocycles. The van der Waals surface area contributed by atoms with Gasteiger partial charge in [0.25, 0.3) is 5.91 Å². The van der Waals surface area contributed by atoms with E-state index in [0.717, 1.165) is 5.56 Å². The van der Waals surface area contributed by atoms with Crippen LogP contribution in [0.2, 0.25) is 0 Å². The van der Waals surface area contributed by atoms with E-state index in [1.165, 1.54) is 12.3 Å². The Hall–Kier alpha value is -2.60. The highest BCUT2D eigenvalue weighted by Gasteiger charge is 2.12. The molecule has 1 unspecified atom stereocenters. The predicted octanol–water partition coefficient (Wildman–Crippen LogP) is 0.859. The molecule has 21 heavy (non-hydrogen) atoms. The van der Waals surface area contributed by atoms with Gasteiger partial charge in [0.15, 0.2) is 5.76 Å². The zero-order valence-corrected chi connectivity index (χ0v) is 11.3. The molecular weight excluding hydrogens is 272 g/mol. The van der Waals surface area contributed by atoms with Crippen LogP contribution in [0, 0.1) is 0 Å². The lowest BCUT2D eigenvalue weighted by atomic mass is 10.1. The normalized spacial score (nSPS) is 11.7. The summed E-state index contributed by atoms with van der Waals surface area (Å²) < 4.78 is 4.90. The minimum atomic E-state index is -0.782. The van der Waals surface area contributed by atoms with Gasteiger partial charge in [0.1, 0.15) is 0 Å². The van der Waals surface area contributed by atoms with Crippen molar-refractivity contribution in [2.24, 2.45) is 0 Å². The molecule has 0 fully saturated rings. The molecular formula is C15H16N2O4. The van der Waals surface area contributed by atoms with Crippen LogP contribution in [0.4, 0.5) is 0 Å². The zero-order chi connectivity index (χ0) is 15.1. The SMILES string of the molecule is O=C(CNC(=O)c1ccco1)NCC(O)c1ccccc1. The minimum Gasteiger partial charge on any atom is -0.459 e. The maximum absolute atomic E-state index is 11.6. The number of benzene rings is 1. The molecule has 1 atom stereocenters. The highest BCUT2D eigenvalue weighted by atomic mass is 16.3. The Kier molecular flexibility index (Phi) is 5.11. The molecule has 0 bridgehead atoms. The molecule has 2 aromatic rings. The first kappa shape index (κ1) is 14.8. The van der Waals surface area contributed by atoms with Crippen molar-refractivity contribution in [3.05, 3.63) is 60.1 Å². The standard InChI is InChI=1S/C15H16N2O4/c18-12(11-5-2-1-3-6-11)9-16-14(19)10-17-15(20)13-7-4-8-21-13/h1-8,12,18H,9-10H2,(H,16,19)(H,17,20). The van der Waals surface area contributed by atoms with E-state index in [2.05, 4.69) is 10.6 Å². The van der Waals surface area contributed by atoms with Crippen molar-refractivity contribution >= 4 is 11.8 Å². The second-order valence-electron chi connectivity index (χ2n) is 4.39. The quantitative estimate of drug-likeness (QED) is 0.735. The van der Waals surface area contributed by atoms with Gasteiger partial charge in [-0.1, -0.05) is 30.3 Å². The Morgan fingerprint density at radius 1 is 1.10 bits per heavy atom.